The molecule has 0 amide bonds. The second-order valence-electron chi connectivity index (χ2n) is 4.36. The molecular weight excluding hydrogens is 390 g/mol. The zero-order valence-electron chi connectivity index (χ0n) is 10.7. The van der Waals surface area contributed by atoms with Crippen LogP contribution in [-0.4, -0.2) is 4.98 Å². The van der Waals surface area contributed by atoms with Gasteiger partial charge < -0.3 is 0 Å². The molecule has 0 atom stereocenters. The summed E-state index contributed by atoms with van der Waals surface area (Å²) >= 11 is 17.3. The van der Waals surface area contributed by atoms with E-state index < -0.39 is 29.2 Å². The van der Waals surface area contributed by atoms with E-state index in [1.165, 1.54) is 0 Å². The average molecular weight is 395 g/mol. The lowest BCUT2D eigenvalue weighted by Gasteiger charge is -2.16. The van der Waals surface area contributed by atoms with E-state index in [-0.39, 0.29) is 32.9 Å². The van der Waals surface area contributed by atoms with Crippen molar-refractivity contribution in [1.29, 1.82) is 0 Å². The van der Waals surface area contributed by atoms with Gasteiger partial charge in [-0.15, -0.1) is 0 Å². The largest absolute Gasteiger partial charge is 0.418 e. The fraction of sp³-hybridized carbons (Fsp3) is 0.154. The molecule has 1 aromatic carbocycles. The fourth-order valence-electron chi connectivity index (χ4n) is 1.80. The van der Waals surface area contributed by atoms with Crippen molar-refractivity contribution in [3.05, 3.63) is 50.6 Å². The molecule has 1 nitrogen and oxygen atoms in total. The third-order valence-electron chi connectivity index (χ3n) is 2.76. The number of hydrogen-bond acceptors (Lipinski definition) is 1. The van der Waals surface area contributed by atoms with Crippen LogP contribution in [0, 0.1) is 0 Å². The Morgan fingerprint density at radius 1 is 0.783 bits per heavy atom. The summed E-state index contributed by atoms with van der Waals surface area (Å²) in [5.74, 6) is 0. The molecule has 10 heteroatoms. The van der Waals surface area contributed by atoms with E-state index in [4.69, 9.17) is 34.8 Å². The number of aromatic nitrogens is 1. The SMILES string of the molecule is FC(F)(F)c1cnc(-c2c(Cl)cc(Cl)cc2Cl)c(C(F)(F)F)c1. The summed E-state index contributed by atoms with van der Waals surface area (Å²) in [5, 5.41) is -0.468. The third kappa shape index (κ3) is 3.84. The number of rotatable bonds is 1. The van der Waals surface area contributed by atoms with Crippen LogP contribution in [0.4, 0.5) is 26.3 Å². The lowest BCUT2D eigenvalue weighted by Crippen LogP contribution is -2.13. The lowest BCUT2D eigenvalue weighted by atomic mass is 10.0. The molecule has 0 unspecified atom stereocenters. The minimum Gasteiger partial charge on any atom is -0.255 e. The van der Waals surface area contributed by atoms with Crippen LogP contribution in [0.5, 0.6) is 0 Å². The average Bonchev–Trinajstić information content (AvgIpc) is 2.35. The molecule has 1 aromatic heterocycles. The first kappa shape index (κ1) is 18.2. The third-order valence-corrected chi connectivity index (χ3v) is 3.58. The molecule has 2 rings (SSSR count). The molecule has 0 saturated carbocycles. The van der Waals surface area contributed by atoms with Gasteiger partial charge >= 0.3 is 12.4 Å². The molecule has 0 saturated heterocycles. The molecule has 0 spiro atoms. The number of nitrogens with zero attached hydrogens (tertiary/aromatic N) is 1. The van der Waals surface area contributed by atoms with Crippen LogP contribution in [0.25, 0.3) is 11.3 Å². The standard InChI is InChI=1S/C13H4Cl3F6N/c14-6-2-8(15)10(9(16)3-6)11-7(13(20,21)22)1-5(4-23-11)12(17,18)19/h1-4H. The van der Waals surface area contributed by atoms with Crippen LogP contribution >= 0.6 is 34.8 Å². The number of alkyl halides is 6. The first-order valence-corrected chi connectivity index (χ1v) is 6.84. The van der Waals surface area contributed by atoms with Crippen molar-refractivity contribution in [2.24, 2.45) is 0 Å². The highest BCUT2D eigenvalue weighted by molar-refractivity contribution is 6.41. The lowest BCUT2D eigenvalue weighted by molar-refractivity contribution is -0.143. The van der Waals surface area contributed by atoms with Gasteiger partial charge in [0.2, 0.25) is 0 Å². The molecule has 1 heterocycles. The van der Waals surface area contributed by atoms with Gasteiger partial charge in [0.05, 0.1) is 26.9 Å². The summed E-state index contributed by atoms with van der Waals surface area (Å²) in [5.41, 5.74) is -4.29. The number of pyridine rings is 1. The smallest absolute Gasteiger partial charge is 0.255 e. The van der Waals surface area contributed by atoms with Crippen molar-refractivity contribution in [3.8, 4) is 11.3 Å². The zero-order valence-corrected chi connectivity index (χ0v) is 12.9. The van der Waals surface area contributed by atoms with Crippen LogP contribution < -0.4 is 0 Å². The fourth-order valence-corrected chi connectivity index (χ4v) is 2.80. The second kappa shape index (κ2) is 6.03. The molecule has 0 N–H and O–H groups in total. The van der Waals surface area contributed by atoms with E-state index in [1.807, 2.05) is 0 Å². The molecule has 23 heavy (non-hydrogen) atoms. The Bertz CT molecular complexity index is 731. The van der Waals surface area contributed by atoms with Gasteiger partial charge in [-0.3, -0.25) is 4.98 Å². The van der Waals surface area contributed by atoms with E-state index in [0.29, 0.717) is 0 Å². The quantitative estimate of drug-likeness (QED) is 0.488. The normalized spacial score (nSPS) is 12.6. The highest BCUT2D eigenvalue weighted by atomic mass is 35.5. The molecule has 0 aliphatic rings. The van der Waals surface area contributed by atoms with Crippen LogP contribution in [0.15, 0.2) is 24.4 Å². The topological polar surface area (TPSA) is 12.9 Å². The van der Waals surface area contributed by atoms with Gasteiger partial charge in [-0.1, -0.05) is 34.8 Å². The highest BCUT2D eigenvalue weighted by Crippen LogP contribution is 2.44. The van der Waals surface area contributed by atoms with E-state index in [2.05, 4.69) is 4.98 Å². The van der Waals surface area contributed by atoms with Crippen molar-refractivity contribution < 1.29 is 26.3 Å². The summed E-state index contributed by atoms with van der Waals surface area (Å²) in [4.78, 5) is 3.28. The number of benzene rings is 1. The second-order valence-corrected chi connectivity index (χ2v) is 5.61. The van der Waals surface area contributed by atoms with E-state index in [0.717, 1.165) is 12.1 Å². The summed E-state index contributed by atoms with van der Waals surface area (Å²) in [6, 6.07) is 2.19. The van der Waals surface area contributed by atoms with Gasteiger partial charge in [0.1, 0.15) is 0 Å². The minimum atomic E-state index is -5.09. The summed E-state index contributed by atoms with van der Waals surface area (Å²) in [7, 11) is 0. The monoisotopic (exact) mass is 393 g/mol. The molecule has 0 fully saturated rings. The van der Waals surface area contributed by atoms with Crippen molar-refractivity contribution in [3.63, 3.8) is 0 Å². The van der Waals surface area contributed by atoms with Crippen molar-refractivity contribution in [2.75, 3.05) is 0 Å². The van der Waals surface area contributed by atoms with Crippen LogP contribution in [-0.2, 0) is 12.4 Å². The van der Waals surface area contributed by atoms with E-state index in [9.17, 15) is 26.3 Å². The Morgan fingerprint density at radius 2 is 1.30 bits per heavy atom. The number of halogens is 9. The summed E-state index contributed by atoms with van der Waals surface area (Å²) < 4.78 is 77.3. The maximum absolute atomic E-state index is 13.1. The maximum atomic E-state index is 13.1. The molecule has 124 valence electrons. The Kier molecular flexibility index (Phi) is 4.76. The first-order chi connectivity index (χ1) is 10.4. The minimum absolute atomic E-state index is 0.0381. The van der Waals surface area contributed by atoms with E-state index >= 15 is 0 Å². The number of hydrogen-bond donors (Lipinski definition) is 0. The van der Waals surface area contributed by atoms with Gasteiger partial charge in [-0.05, 0) is 18.2 Å². The highest BCUT2D eigenvalue weighted by Gasteiger charge is 2.39. The predicted octanol–water partition coefficient (Wildman–Crippen LogP) is 6.75. The molecule has 0 bridgehead atoms. The van der Waals surface area contributed by atoms with Crippen LogP contribution in [0.3, 0.4) is 0 Å². The molecule has 0 aliphatic carbocycles. The van der Waals surface area contributed by atoms with Gasteiger partial charge in [0, 0.05) is 16.8 Å². The van der Waals surface area contributed by atoms with Crippen molar-refractivity contribution >= 4 is 34.8 Å². The van der Waals surface area contributed by atoms with Gasteiger partial charge in [0.25, 0.3) is 0 Å². The Hall–Kier alpha value is -1.18. The summed E-state index contributed by atoms with van der Waals surface area (Å²) in [6.07, 6.45) is -9.78. The molecular formula is C13H4Cl3F6N. The Labute approximate surface area is 140 Å². The Morgan fingerprint density at radius 3 is 1.74 bits per heavy atom. The maximum Gasteiger partial charge on any atom is 0.418 e. The molecule has 0 aliphatic heterocycles. The van der Waals surface area contributed by atoms with Gasteiger partial charge in [-0.2, -0.15) is 26.3 Å². The van der Waals surface area contributed by atoms with Crippen molar-refractivity contribution in [1.82, 2.24) is 4.98 Å². The van der Waals surface area contributed by atoms with Gasteiger partial charge in [0.15, 0.2) is 0 Å². The van der Waals surface area contributed by atoms with E-state index in [1.54, 1.807) is 0 Å². The molecule has 0 radical (unpaired) electrons. The molecule has 2 aromatic rings. The predicted molar refractivity (Wildman–Crippen MR) is 74.7 cm³/mol. The first-order valence-electron chi connectivity index (χ1n) is 5.70. The summed E-state index contributed by atoms with van der Waals surface area (Å²) in [6.45, 7) is 0. The van der Waals surface area contributed by atoms with Crippen LogP contribution in [0.1, 0.15) is 11.1 Å². The Balaban J connectivity index is 2.78. The van der Waals surface area contributed by atoms with Crippen molar-refractivity contribution in [2.45, 2.75) is 12.4 Å². The zero-order chi connectivity index (χ0) is 17.6. The van der Waals surface area contributed by atoms with Crippen LogP contribution in [0.2, 0.25) is 15.1 Å². The van der Waals surface area contributed by atoms with Gasteiger partial charge in [-0.25, -0.2) is 0 Å².